The normalized spacial score (nSPS) is 17.1. The fraction of sp³-hybridized carbons (Fsp3) is 0.227. The summed E-state index contributed by atoms with van der Waals surface area (Å²) in [5.74, 6) is 0.305. The number of hydrogen-bond acceptors (Lipinski definition) is 3. The Morgan fingerprint density at radius 2 is 1.81 bits per heavy atom. The number of phenols is 1. The number of phenolic OH excluding ortho intramolecular Hbond substituents is 1. The van der Waals surface area contributed by atoms with Gasteiger partial charge >= 0.3 is 0 Å². The molecule has 2 aromatic carbocycles. The molecule has 0 spiro atoms. The van der Waals surface area contributed by atoms with Crippen molar-refractivity contribution < 1.29 is 9.90 Å². The van der Waals surface area contributed by atoms with E-state index in [1.165, 1.54) is 0 Å². The van der Waals surface area contributed by atoms with Gasteiger partial charge in [-0.05, 0) is 29.3 Å². The van der Waals surface area contributed by atoms with Gasteiger partial charge in [0, 0.05) is 38.9 Å². The van der Waals surface area contributed by atoms with Crippen molar-refractivity contribution in [1.82, 2.24) is 14.8 Å². The smallest absolute Gasteiger partial charge is 0.256 e. The largest absolute Gasteiger partial charge is 0.508 e. The number of carbonyl (C=O) groups is 1. The van der Waals surface area contributed by atoms with Crippen LogP contribution in [-0.4, -0.2) is 40.1 Å². The van der Waals surface area contributed by atoms with Crippen LogP contribution in [-0.2, 0) is 7.05 Å². The maximum absolute atomic E-state index is 13.3. The van der Waals surface area contributed by atoms with Crippen LogP contribution in [0.15, 0.2) is 66.9 Å². The minimum Gasteiger partial charge on any atom is -0.508 e. The van der Waals surface area contributed by atoms with Crippen LogP contribution < -0.4 is 5.32 Å². The molecule has 2 heterocycles. The van der Waals surface area contributed by atoms with Gasteiger partial charge in [-0.15, -0.1) is 0 Å². The molecule has 0 bridgehead atoms. The summed E-state index contributed by atoms with van der Waals surface area (Å²) in [6.07, 6.45) is 1.94. The van der Waals surface area contributed by atoms with Crippen LogP contribution in [0.4, 0.5) is 0 Å². The van der Waals surface area contributed by atoms with Gasteiger partial charge in [0.25, 0.3) is 5.91 Å². The second-order valence-electron chi connectivity index (χ2n) is 6.90. The van der Waals surface area contributed by atoms with Gasteiger partial charge in [0.1, 0.15) is 5.75 Å². The molecule has 1 amide bonds. The number of aromatic hydroxyl groups is 1. The summed E-state index contributed by atoms with van der Waals surface area (Å²) in [5, 5.41) is 13.0. The summed E-state index contributed by atoms with van der Waals surface area (Å²) < 4.78 is 2.00. The van der Waals surface area contributed by atoms with Gasteiger partial charge in [-0.1, -0.05) is 42.5 Å². The molecule has 4 rings (SSSR count). The van der Waals surface area contributed by atoms with Crippen LogP contribution in [0.2, 0.25) is 0 Å². The molecule has 5 heteroatoms. The fourth-order valence-corrected chi connectivity index (χ4v) is 3.69. The minimum absolute atomic E-state index is 0.0553. The summed E-state index contributed by atoms with van der Waals surface area (Å²) in [6, 6.07) is 19.2. The first-order chi connectivity index (χ1) is 13.1. The number of benzene rings is 2. The quantitative estimate of drug-likeness (QED) is 0.753. The fourth-order valence-electron chi connectivity index (χ4n) is 3.69. The molecule has 3 aromatic rings. The Kier molecular flexibility index (Phi) is 4.69. The lowest BCUT2D eigenvalue weighted by Crippen LogP contribution is -2.48. The third-order valence-corrected chi connectivity index (χ3v) is 5.11. The average Bonchev–Trinajstić information content (AvgIpc) is 3.10. The standard InChI is InChI=1S/C22H23N3O2/c1-24-13-11-19(21(24)17-5-3-2-4-6-17)22(27)25-14-12-23-20(15-25)16-7-9-18(26)10-8-16/h2-11,13,20,23,26H,12,14-15H2,1H3. The monoisotopic (exact) mass is 361 g/mol. The molecule has 27 heavy (non-hydrogen) atoms. The van der Waals surface area contributed by atoms with Crippen LogP contribution in [0.5, 0.6) is 5.75 Å². The molecular formula is C22H23N3O2. The zero-order valence-electron chi connectivity index (χ0n) is 15.3. The van der Waals surface area contributed by atoms with Gasteiger partial charge in [0.05, 0.1) is 11.3 Å². The second kappa shape index (κ2) is 7.29. The zero-order chi connectivity index (χ0) is 18.8. The SMILES string of the molecule is Cn1ccc(C(=O)N2CCNC(c3ccc(O)cc3)C2)c1-c1ccccc1. The number of aromatic nitrogens is 1. The van der Waals surface area contributed by atoms with Gasteiger partial charge in [-0.3, -0.25) is 4.79 Å². The molecule has 1 saturated heterocycles. The van der Waals surface area contributed by atoms with Crippen molar-refractivity contribution in [3.8, 4) is 17.0 Å². The van der Waals surface area contributed by atoms with Crippen LogP contribution >= 0.6 is 0 Å². The van der Waals surface area contributed by atoms with E-state index >= 15 is 0 Å². The number of aryl methyl sites for hydroxylation is 1. The first-order valence-electron chi connectivity index (χ1n) is 9.16. The van der Waals surface area contributed by atoms with E-state index in [4.69, 9.17) is 0 Å². The van der Waals surface area contributed by atoms with Crippen molar-refractivity contribution in [1.29, 1.82) is 0 Å². The number of rotatable bonds is 3. The molecule has 1 aliphatic heterocycles. The highest BCUT2D eigenvalue weighted by Gasteiger charge is 2.27. The molecule has 1 atom stereocenters. The number of hydrogen-bond donors (Lipinski definition) is 2. The Hall–Kier alpha value is -3.05. The highest BCUT2D eigenvalue weighted by atomic mass is 16.3. The van der Waals surface area contributed by atoms with Crippen molar-refractivity contribution in [2.75, 3.05) is 19.6 Å². The van der Waals surface area contributed by atoms with Gasteiger partial charge in [0.15, 0.2) is 0 Å². The van der Waals surface area contributed by atoms with Crippen LogP contribution in [0.1, 0.15) is 22.0 Å². The Balaban J connectivity index is 1.59. The van der Waals surface area contributed by atoms with Gasteiger partial charge in [0.2, 0.25) is 0 Å². The van der Waals surface area contributed by atoms with Crippen molar-refractivity contribution in [2.24, 2.45) is 7.05 Å². The molecule has 1 aromatic heterocycles. The molecule has 0 aliphatic carbocycles. The van der Waals surface area contributed by atoms with Crippen LogP contribution in [0, 0.1) is 0 Å². The predicted octanol–water partition coefficient (Wildman–Crippen LogP) is 3.18. The third-order valence-electron chi connectivity index (χ3n) is 5.11. The maximum Gasteiger partial charge on any atom is 0.256 e. The maximum atomic E-state index is 13.3. The predicted molar refractivity (Wildman–Crippen MR) is 106 cm³/mol. The lowest BCUT2D eigenvalue weighted by molar-refractivity contribution is 0.0703. The Labute approximate surface area is 158 Å². The Morgan fingerprint density at radius 3 is 2.56 bits per heavy atom. The first-order valence-corrected chi connectivity index (χ1v) is 9.16. The molecule has 2 N–H and O–H groups in total. The number of nitrogens with one attached hydrogen (secondary N) is 1. The van der Waals surface area contributed by atoms with Gasteiger partial charge < -0.3 is 19.9 Å². The van der Waals surface area contributed by atoms with E-state index in [0.29, 0.717) is 13.1 Å². The molecule has 1 fully saturated rings. The van der Waals surface area contributed by atoms with Crippen LogP contribution in [0.25, 0.3) is 11.3 Å². The average molecular weight is 361 g/mol. The summed E-state index contributed by atoms with van der Waals surface area (Å²) in [7, 11) is 1.97. The van der Waals surface area contributed by atoms with E-state index in [9.17, 15) is 9.90 Å². The first kappa shape index (κ1) is 17.4. The minimum atomic E-state index is 0.0553. The van der Waals surface area contributed by atoms with E-state index in [2.05, 4.69) is 5.32 Å². The van der Waals surface area contributed by atoms with E-state index in [0.717, 1.165) is 28.9 Å². The summed E-state index contributed by atoms with van der Waals surface area (Å²) >= 11 is 0. The number of carbonyl (C=O) groups excluding carboxylic acids is 1. The molecule has 0 saturated carbocycles. The number of amides is 1. The van der Waals surface area contributed by atoms with Crippen molar-refractivity contribution >= 4 is 5.91 Å². The van der Waals surface area contributed by atoms with E-state index < -0.39 is 0 Å². The summed E-state index contributed by atoms with van der Waals surface area (Å²) in [5.41, 5.74) is 3.79. The topological polar surface area (TPSA) is 57.5 Å². The Bertz CT molecular complexity index is 932. The van der Waals surface area contributed by atoms with Gasteiger partial charge in [-0.2, -0.15) is 0 Å². The summed E-state index contributed by atoms with van der Waals surface area (Å²) in [4.78, 5) is 15.2. The van der Waals surface area contributed by atoms with E-state index in [-0.39, 0.29) is 17.7 Å². The number of nitrogens with zero attached hydrogens (tertiary/aromatic N) is 2. The van der Waals surface area contributed by atoms with Gasteiger partial charge in [-0.25, -0.2) is 0 Å². The highest BCUT2D eigenvalue weighted by molar-refractivity contribution is 6.00. The molecule has 0 radical (unpaired) electrons. The molecular weight excluding hydrogens is 338 g/mol. The second-order valence-corrected chi connectivity index (χ2v) is 6.90. The van der Waals surface area contributed by atoms with Crippen LogP contribution in [0.3, 0.4) is 0 Å². The Morgan fingerprint density at radius 1 is 1.07 bits per heavy atom. The van der Waals surface area contributed by atoms with Crippen molar-refractivity contribution in [2.45, 2.75) is 6.04 Å². The molecule has 5 nitrogen and oxygen atoms in total. The van der Waals surface area contributed by atoms with E-state index in [1.54, 1.807) is 12.1 Å². The zero-order valence-corrected chi connectivity index (χ0v) is 15.3. The molecule has 1 unspecified atom stereocenters. The van der Waals surface area contributed by atoms with E-state index in [1.807, 2.05) is 71.2 Å². The number of piperazine rings is 1. The highest BCUT2D eigenvalue weighted by Crippen LogP contribution is 2.27. The van der Waals surface area contributed by atoms with Crippen molar-refractivity contribution in [3.63, 3.8) is 0 Å². The third kappa shape index (κ3) is 3.46. The molecule has 138 valence electrons. The van der Waals surface area contributed by atoms with Crippen molar-refractivity contribution in [3.05, 3.63) is 78.0 Å². The lowest BCUT2D eigenvalue weighted by atomic mass is 10.0. The lowest BCUT2D eigenvalue weighted by Gasteiger charge is -2.34. The summed E-state index contributed by atoms with van der Waals surface area (Å²) in [6.45, 7) is 2.02. The molecule has 1 aliphatic rings.